The average Bonchev–Trinajstić information content (AvgIpc) is 3.31. The van der Waals surface area contributed by atoms with Gasteiger partial charge in [-0.2, -0.15) is 5.26 Å². The Labute approximate surface area is 153 Å². The zero-order chi connectivity index (χ0) is 18.7. The van der Waals surface area contributed by atoms with Gasteiger partial charge in [0.05, 0.1) is 16.4 Å². The fourth-order valence-electron chi connectivity index (χ4n) is 2.73. The van der Waals surface area contributed by atoms with E-state index in [1.807, 2.05) is 6.19 Å². The number of halogens is 1. The van der Waals surface area contributed by atoms with E-state index < -0.39 is 11.7 Å². The van der Waals surface area contributed by atoms with Crippen LogP contribution in [0.15, 0.2) is 24.4 Å². The minimum absolute atomic E-state index is 0.0495. The quantitative estimate of drug-likeness (QED) is 0.800. The second-order valence-corrected chi connectivity index (χ2v) is 6.85. The largest absolute Gasteiger partial charge is 0.355 e. The van der Waals surface area contributed by atoms with Crippen LogP contribution in [-0.4, -0.2) is 41.8 Å². The van der Waals surface area contributed by atoms with Gasteiger partial charge in [0.2, 0.25) is 5.91 Å². The molecule has 1 aliphatic heterocycles. The first-order valence-corrected chi connectivity index (χ1v) is 8.77. The number of carbonyl (C=O) groups is 2. The molecule has 1 unspecified atom stereocenters. The van der Waals surface area contributed by atoms with E-state index in [9.17, 15) is 14.0 Å². The number of nitrogens with one attached hydrogen (secondary N) is 2. The molecule has 2 heterocycles. The van der Waals surface area contributed by atoms with Crippen molar-refractivity contribution in [3.63, 3.8) is 0 Å². The number of nitrogens with zero attached hydrogens (tertiary/aromatic N) is 3. The monoisotopic (exact) mass is 373 g/mol. The van der Waals surface area contributed by atoms with E-state index in [0.29, 0.717) is 35.1 Å². The van der Waals surface area contributed by atoms with Gasteiger partial charge in [0.15, 0.2) is 11.3 Å². The van der Waals surface area contributed by atoms with Crippen molar-refractivity contribution in [2.24, 2.45) is 5.92 Å². The number of benzene rings is 1. The number of anilines is 1. The standard InChI is InChI=1S/C17H16FN5O2S/c1-20-16(25)12-6-10(2-3-13(12)18)14-7-21-17(26-14)22-15(24)11-4-5-23(8-11)9-19/h2-3,6-7,11H,4-5,8H2,1H3,(H,20,25)(H,21,22,24). The molecule has 0 bridgehead atoms. The third-order valence-electron chi connectivity index (χ3n) is 4.16. The Morgan fingerprint density at radius 3 is 2.96 bits per heavy atom. The van der Waals surface area contributed by atoms with Gasteiger partial charge in [-0.05, 0) is 24.1 Å². The van der Waals surface area contributed by atoms with Gasteiger partial charge in [-0.1, -0.05) is 17.4 Å². The minimum atomic E-state index is -0.602. The van der Waals surface area contributed by atoms with Gasteiger partial charge in [-0.3, -0.25) is 9.59 Å². The highest BCUT2D eigenvalue weighted by Gasteiger charge is 2.28. The van der Waals surface area contributed by atoms with Gasteiger partial charge >= 0.3 is 0 Å². The fraction of sp³-hybridized carbons (Fsp3) is 0.294. The topological polar surface area (TPSA) is 98.1 Å². The molecule has 0 saturated carbocycles. The maximum atomic E-state index is 13.8. The summed E-state index contributed by atoms with van der Waals surface area (Å²) in [7, 11) is 1.44. The van der Waals surface area contributed by atoms with Crippen molar-refractivity contribution in [3.8, 4) is 16.6 Å². The molecule has 1 aromatic carbocycles. The number of carbonyl (C=O) groups excluding carboxylic acids is 2. The number of likely N-dealkylation sites (tertiary alicyclic amines) is 1. The minimum Gasteiger partial charge on any atom is -0.355 e. The molecule has 0 aliphatic carbocycles. The van der Waals surface area contributed by atoms with Gasteiger partial charge in [0.1, 0.15) is 5.82 Å². The van der Waals surface area contributed by atoms with Gasteiger partial charge in [-0.25, -0.2) is 9.37 Å². The number of aromatic nitrogens is 1. The molecular formula is C17H16FN5O2S. The average molecular weight is 373 g/mol. The van der Waals surface area contributed by atoms with Crippen LogP contribution in [0.2, 0.25) is 0 Å². The summed E-state index contributed by atoms with van der Waals surface area (Å²) in [4.78, 5) is 30.4. The first kappa shape index (κ1) is 17.8. The molecule has 2 aromatic rings. The first-order valence-electron chi connectivity index (χ1n) is 7.95. The third-order valence-corrected chi connectivity index (χ3v) is 5.12. The summed E-state index contributed by atoms with van der Waals surface area (Å²) in [5.74, 6) is -1.53. The van der Waals surface area contributed by atoms with Crippen LogP contribution in [0.5, 0.6) is 0 Å². The molecule has 9 heteroatoms. The molecule has 1 aromatic heterocycles. The van der Waals surface area contributed by atoms with Gasteiger partial charge < -0.3 is 15.5 Å². The SMILES string of the molecule is CNC(=O)c1cc(-c2cnc(NC(=O)C3CCN(C#N)C3)s2)ccc1F. The van der Waals surface area contributed by atoms with Gasteiger partial charge in [-0.15, -0.1) is 0 Å². The van der Waals surface area contributed by atoms with E-state index in [1.165, 1.54) is 30.5 Å². The van der Waals surface area contributed by atoms with Crippen LogP contribution in [0.4, 0.5) is 9.52 Å². The Hall–Kier alpha value is -2.99. The molecular weight excluding hydrogens is 357 g/mol. The van der Waals surface area contributed by atoms with Gasteiger partial charge in [0, 0.05) is 26.3 Å². The number of rotatable bonds is 4. The number of thiazole rings is 1. The maximum Gasteiger partial charge on any atom is 0.254 e. The summed E-state index contributed by atoms with van der Waals surface area (Å²) >= 11 is 1.24. The third kappa shape index (κ3) is 3.65. The summed E-state index contributed by atoms with van der Waals surface area (Å²) in [6.45, 7) is 0.990. The van der Waals surface area contributed by atoms with Crippen molar-refractivity contribution in [1.29, 1.82) is 5.26 Å². The summed E-state index contributed by atoms with van der Waals surface area (Å²) in [6.07, 6.45) is 4.24. The van der Waals surface area contributed by atoms with Gasteiger partial charge in [0.25, 0.3) is 5.91 Å². The van der Waals surface area contributed by atoms with Crippen LogP contribution >= 0.6 is 11.3 Å². The predicted molar refractivity (Wildman–Crippen MR) is 94.8 cm³/mol. The van der Waals surface area contributed by atoms with Crippen LogP contribution in [-0.2, 0) is 4.79 Å². The molecule has 0 spiro atoms. The highest BCUT2D eigenvalue weighted by molar-refractivity contribution is 7.19. The van der Waals surface area contributed by atoms with E-state index >= 15 is 0 Å². The molecule has 2 amide bonds. The van der Waals surface area contributed by atoms with Crippen LogP contribution < -0.4 is 10.6 Å². The van der Waals surface area contributed by atoms with Crippen molar-refractivity contribution in [2.75, 3.05) is 25.5 Å². The molecule has 134 valence electrons. The molecule has 7 nitrogen and oxygen atoms in total. The number of amides is 2. The van der Waals surface area contributed by atoms with E-state index in [1.54, 1.807) is 17.2 Å². The van der Waals surface area contributed by atoms with E-state index in [0.717, 1.165) is 0 Å². The highest BCUT2D eigenvalue weighted by Crippen LogP contribution is 2.30. The summed E-state index contributed by atoms with van der Waals surface area (Å²) in [5.41, 5.74) is 0.589. The van der Waals surface area contributed by atoms with Crippen LogP contribution in [0, 0.1) is 23.2 Å². The Kier molecular flexibility index (Phi) is 5.14. The van der Waals surface area contributed by atoms with Crippen molar-refractivity contribution in [1.82, 2.24) is 15.2 Å². The highest BCUT2D eigenvalue weighted by atomic mass is 32.1. The molecule has 1 saturated heterocycles. The summed E-state index contributed by atoms with van der Waals surface area (Å²) in [6, 6.07) is 4.24. The van der Waals surface area contributed by atoms with E-state index in [4.69, 9.17) is 5.26 Å². The zero-order valence-electron chi connectivity index (χ0n) is 14.0. The van der Waals surface area contributed by atoms with E-state index in [-0.39, 0.29) is 17.4 Å². The van der Waals surface area contributed by atoms with Crippen molar-refractivity contribution < 1.29 is 14.0 Å². The second-order valence-electron chi connectivity index (χ2n) is 5.82. The zero-order valence-corrected chi connectivity index (χ0v) is 14.8. The molecule has 1 fully saturated rings. The van der Waals surface area contributed by atoms with Crippen molar-refractivity contribution in [2.45, 2.75) is 6.42 Å². The lowest BCUT2D eigenvalue weighted by molar-refractivity contribution is -0.119. The predicted octanol–water partition coefficient (Wildman–Crippen LogP) is 2.05. The summed E-state index contributed by atoms with van der Waals surface area (Å²) in [5, 5.41) is 14.4. The lowest BCUT2D eigenvalue weighted by Gasteiger charge is -2.08. The molecule has 1 atom stereocenters. The Balaban J connectivity index is 1.73. The van der Waals surface area contributed by atoms with Crippen molar-refractivity contribution in [3.05, 3.63) is 35.8 Å². The lowest BCUT2D eigenvalue weighted by atomic mass is 10.1. The van der Waals surface area contributed by atoms with E-state index in [2.05, 4.69) is 15.6 Å². The summed E-state index contributed by atoms with van der Waals surface area (Å²) < 4.78 is 13.8. The maximum absolute atomic E-state index is 13.8. The normalized spacial score (nSPS) is 16.2. The number of hydrogen-bond donors (Lipinski definition) is 2. The molecule has 0 radical (unpaired) electrons. The first-order chi connectivity index (χ1) is 12.5. The van der Waals surface area contributed by atoms with Crippen LogP contribution in [0.3, 0.4) is 0 Å². The molecule has 26 heavy (non-hydrogen) atoms. The number of nitriles is 1. The molecule has 3 rings (SSSR count). The fourth-order valence-corrected chi connectivity index (χ4v) is 3.54. The second kappa shape index (κ2) is 7.49. The van der Waals surface area contributed by atoms with Crippen LogP contribution in [0.1, 0.15) is 16.8 Å². The molecule has 1 aliphatic rings. The molecule has 2 N–H and O–H groups in total. The Bertz CT molecular complexity index is 892. The smallest absolute Gasteiger partial charge is 0.254 e. The Morgan fingerprint density at radius 1 is 1.46 bits per heavy atom. The van der Waals surface area contributed by atoms with Crippen molar-refractivity contribution >= 4 is 28.3 Å². The lowest BCUT2D eigenvalue weighted by Crippen LogP contribution is -2.25. The number of hydrogen-bond acceptors (Lipinski definition) is 6. The van der Waals surface area contributed by atoms with Crippen LogP contribution in [0.25, 0.3) is 10.4 Å². The Morgan fingerprint density at radius 2 is 2.27 bits per heavy atom.